The van der Waals surface area contributed by atoms with E-state index in [1.807, 2.05) is 24.3 Å². The summed E-state index contributed by atoms with van der Waals surface area (Å²) in [5.74, 6) is 0. The molecule has 0 bridgehead atoms. The first-order valence-electron chi connectivity index (χ1n) is 7.11. The molecule has 2 amide bonds. The van der Waals surface area contributed by atoms with E-state index in [1.54, 1.807) is 4.90 Å². The highest BCUT2D eigenvalue weighted by Gasteiger charge is 2.16. The van der Waals surface area contributed by atoms with Crippen molar-refractivity contribution in [1.82, 2.24) is 10.2 Å². The molecule has 1 saturated heterocycles. The van der Waals surface area contributed by atoms with Crippen molar-refractivity contribution in [2.75, 3.05) is 31.6 Å². The number of carbonyl (C=O) groups excluding carboxylic acids is 1. The maximum atomic E-state index is 12.0. The molecule has 1 heterocycles. The summed E-state index contributed by atoms with van der Waals surface area (Å²) in [5, 5.41) is 6.28. The molecule has 0 aliphatic carbocycles. The number of amides is 2. The van der Waals surface area contributed by atoms with Crippen molar-refractivity contribution < 1.29 is 9.53 Å². The normalized spacial score (nSPS) is 15.4. The Kier molecular flexibility index (Phi) is 5.38. The van der Waals surface area contributed by atoms with E-state index in [2.05, 4.69) is 24.5 Å². The standard InChI is InChI=1S/C15H23N3O2/c1-12(2)16-11-13-3-5-14(6-4-13)17-15(19)18-7-9-20-10-8-18/h3-6,12,16H,7-11H2,1-2H3,(H,17,19). The average Bonchev–Trinajstić information content (AvgIpc) is 2.47. The molecule has 1 aromatic rings. The van der Waals surface area contributed by atoms with Crippen LogP contribution in [0.5, 0.6) is 0 Å². The zero-order chi connectivity index (χ0) is 14.4. The van der Waals surface area contributed by atoms with Crippen LogP contribution in [0.1, 0.15) is 19.4 Å². The minimum absolute atomic E-state index is 0.0543. The maximum Gasteiger partial charge on any atom is 0.321 e. The van der Waals surface area contributed by atoms with Crippen molar-refractivity contribution in [3.05, 3.63) is 29.8 Å². The van der Waals surface area contributed by atoms with E-state index in [9.17, 15) is 4.79 Å². The lowest BCUT2D eigenvalue weighted by molar-refractivity contribution is 0.0564. The zero-order valence-corrected chi connectivity index (χ0v) is 12.2. The molecule has 2 N–H and O–H groups in total. The van der Waals surface area contributed by atoms with Crippen molar-refractivity contribution in [1.29, 1.82) is 0 Å². The van der Waals surface area contributed by atoms with Crippen LogP contribution in [0.4, 0.5) is 10.5 Å². The number of nitrogens with zero attached hydrogens (tertiary/aromatic N) is 1. The number of urea groups is 1. The van der Waals surface area contributed by atoms with Gasteiger partial charge in [0.25, 0.3) is 0 Å². The summed E-state index contributed by atoms with van der Waals surface area (Å²) in [6.07, 6.45) is 0. The molecule has 0 spiro atoms. The van der Waals surface area contributed by atoms with Gasteiger partial charge in [-0.15, -0.1) is 0 Å². The van der Waals surface area contributed by atoms with Crippen molar-refractivity contribution in [3.8, 4) is 0 Å². The molecule has 1 aliphatic rings. The molecule has 1 aromatic carbocycles. The fourth-order valence-electron chi connectivity index (χ4n) is 2.00. The van der Waals surface area contributed by atoms with Gasteiger partial charge in [-0.1, -0.05) is 26.0 Å². The first-order valence-corrected chi connectivity index (χ1v) is 7.11. The smallest absolute Gasteiger partial charge is 0.321 e. The first kappa shape index (κ1) is 14.8. The molecule has 2 rings (SSSR count). The molecule has 5 heteroatoms. The van der Waals surface area contributed by atoms with Crippen molar-refractivity contribution >= 4 is 11.7 Å². The summed E-state index contributed by atoms with van der Waals surface area (Å²) < 4.78 is 5.23. The summed E-state index contributed by atoms with van der Waals surface area (Å²) in [4.78, 5) is 13.8. The number of rotatable bonds is 4. The van der Waals surface area contributed by atoms with Gasteiger partial charge in [0.15, 0.2) is 0 Å². The van der Waals surface area contributed by atoms with E-state index in [1.165, 1.54) is 5.56 Å². The molecule has 1 fully saturated rings. The summed E-state index contributed by atoms with van der Waals surface area (Å²) >= 11 is 0. The maximum absolute atomic E-state index is 12.0. The lowest BCUT2D eigenvalue weighted by Gasteiger charge is -2.26. The fraction of sp³-hybridized carbons (Fsp3) is 0.533. The number of hydrogen-bond donors (Lipinski definition) is 2. The predicted octanol–water partition coefficient (Wildman–Crippen LogP) is 2.05. The van der Waals surface area contributed by atoms with Gasteiger partial charge in [-0.25, -0.2) is 4.79 Å². The molecular formula is C15H23N3O2. The van der Waals surface area contributed by atoms with Gasteiger partial charge in [-0.3, -0.25) is 0 Å². The number of nitrogens with one attached hydrogen (secondary N) is 2. The summed E-state index contributed by atoms with van der Waals surface area (Å²) in [6.45, 7) is 7.63. The van der Waals surface area contributed by atoms with Crippen LogP contribution in [-0.2, 0) is 11.3 Å². The Morgan fingerprint density at radius 2 is 1.90 bits per heavy atom. The van der Waals surface area contributed by atoms with Crippen LogP contribution in [0.3, 0.4) is 0 Å². The molecular weight excluding hydrogens is 254 g/mol. The van der Waals surface area contributed by atoms with Gasteiger partial charge in [-0.05, 0) is 17.7 Å². The van der Waals surface area contributed by atoms with Crippen molar-refractivity contribution in [2.45, 2.75) is 26.4 Å². The first-order chi connectivity index (χ1) is 9.65. The van der Waals surface area contributed by atoms with E-state index in [0.29, 0.717) is 32.3 Å². The largest absolute Gasteiger partial charge is 0.378 e. The van der Waals surface area contributed by atoms with Crippen LogP contribution in [0.25, 0.3) is 0 Å². The van der Waals surface area contributed by atoms with Gasteiger partial charge in [0, 0.05) is 31.4 Å². The van der Waals surface area contributed by atoms with Gasteiger partial charge in [-0.2, -0.15) is 0 Å². The topological polar surface area (TPSA) is 53.6 Å². The third-order valence-corrected chi connectivity index (χ3v) is 3.22. The number of benzene rings is 1. The third-order valence-electron chi connectivity index (χ3n) is 3.22. The number of ether oxygens (including phenoxy) is 1. The number of hydrogen-bond acceptors (Lipinski definition) is 3. The average molecular weight is 277 g/mol. The van der Waals surface area contributed by atoms with E-state index in [-0.39, 0.29) is 6.03 Å². The molecule has 0 aromatic heterocycles. The van der Waals surface area contributed by atoms with Gasteiger partial charge >= 0.3 is 6.03 Å². The number of carbonyl (C=O) groups is 1. The molecule has 0 radical (unpaired) electrons. The van der Waals surface area contributed by atoms with Crippen LogP contribution >= 0.6 is 0 Å². The highest BCUT2D eigenvalue weighted by molar-refractivity contribution is 5.89. The van der Waals surface area contributed by atoms with Crippen molar-refractivity contribution in [2.24, 2.45) is 0 Å². The highest BCUT2D eigenvalue weighted by Crippen LogP contribution is 2.11. The Morgan fingerprint density at radius 3 is 2.50 bits per heavy atom. The minimum Gasteiger partial charge on any atom is -0.378 e. The number of morpholine rings is 1. The predicted molar refractivity (Wildman–Crippen MR) is 79.8 cm³/mol. The second-order valence-electron chi connectivity index (χ2n) is 5.26. The van der Waals surface area contributed by atoms with Crippen LogP contribution in [0.2, 0.25) is 0 Å². The Labute approximate surface area is 120 Å². The zero-order valence-electron chi connectivity index (χ0n) is 12.2. The molecule has 0 saturated carbocycles. The molecule has 5 nitrogen and oxygen atoms in total. The van der Waals surface area contributed by atoms with Gasteiger partial charge < -0.3 is 20.3 Å². The summed E-state index contributed by atoms with van der Waals surface area (Å²) in [5.41, 5.74) is 2.04. The highest BCUT2D eigenvalue weighted by atomic mass is 16.5. The quantitative estimate of drug-likeness (QED) is 0.885. The van der Waals surface area contributed by atoms with E-state index < -0.39 is 0 Å². The summed E-state index contributed by atoms with van der Waals surface area (Å²) in [6, 6.07) is 8.36. The molecule has 1 aliphatic heterocycles. The Balaban J connectivity index is 1.84. The lowest BCUT2D eigenvalue weighted by atomic mass is 10.2. The Morgan fingerprint density at radius 1 is 1.25 bits per heavy atom. The molecule has 20 heavy (non-hydrogen) atoms. The van der Waals surface area contributed by atoms with Crippen LogP contribution in [0, 0.1) is 0 Å². The van der Waals surface area contributed by atoms with Gasteiger partial charge in [0.05, 0.1) is 13.2 Å². The van der Waals surface area contributed by atoms with E-state index in [4.69, 9.17) is 4.74 Å². The van der Waals surface area contributed by atoms with E-state index >= 15 is 0 Å². The van der Waals surface area contributed by atoms with Crippen molar-refractivity contribution in [3.63, 3.8) is 0 Å². The van der Waals surface area contributed by atoms with E-state index in [0.717, 1.165) is 12.2 Å². The number of anilines is 1. The van der Waals surface area contributed by atoms with Gasteiger partial charge in [0.2, 0.25) is 0 Å². The van der Waals surface area contributed by atoms with Gasteiger partial charge in [0.1, 0.15) is 0 Å². The molecule has 0 atom stereocenters. The molecule has 110 valence electrons. The Bertz CT molecular complexity index is 425. The van der Waals surface area contributed by atoms with Crippen LogP contribution in [-0.4, -0.2) is 43.3 Å². The van der Waals surface area contributed by atoms with Crippen LogP contribution in [0.15, 0.2) is 24.3 Å². The SMILES string of the molecule is CC(C)NCc1ccc(NC(=O)N2CCOCC2)cc1. The lowest BCUT2D eigenvalue weighted by Crippen LogP contribution is -2.43. The monoisotopic (exact) mass is 277 g/mol. The third kappa shape index (κ3) is 4.51. The minimum atomic E-state index is -0.0543. The molecule has 0 unspecified atom stereocenters. The Hall–Kier alpha value is -1.59. The second kappa shape index (κ2) is 7.26. The second-order valence-corrected chi connectivity index (χ2v) is 5.26. The summed E-state index contributed by atoms with van der Waals surface area (Å²) in [7, 11) is 0. The fourth-order valence-corrected chi connectivity index (χ4v) is 2.00. The van der Waals surface area contributed by atoms with Crippen LogP contribution < -0.4 is 10.6 Å².